The maximum absolute atomic E-state index is 6.01. The molecular weight excluding hydrogens is 284 g/mol. The summed E-state index contributed by atoms with van der Waals surface area (Å²) < 4.78 is 11.9. The summed E-state index contributed by atoms with van der Waals surface area (Å²) in [6, 6.07) is 6.43. The van der Waals surface area contributed by atoms with Crippen molar-refractivity contribution in [2.45, 2.75) is 78.1 Å². The Hall–Kier alpha value is -1.18. The molecule has 0 heterocycles. The third-order valence-corrected chi connectivity index (χ3v) is 3.98. The molecule has 1 aromatic carbocycles. The van der Waals surface area contributed by atoms with Crippen LogP contribution in [0.4, 0.5) is 0 Å². The van der Waals surface area contributed by atoms with Crippen molar-refractivity contribution in [3.63, 3.8) is 0 Å². The van der Waals surface area contributed by atoms with E-state index in [0.29, 0.717) is 0 Å². The summed E-state index contributed by atoms with van der Waals surface area (Å²) in [6.07, 6.45) is 11.6. The molecule has 0 N–H and O–H groups in total. The lowest BCUT2D eigenvalue weighted by Crippen LogP contribution is -2.03. The van der Waals surface area contributed by atoms with Gasteiger partial charge in [0.15, 0.2) is 11.5 Å². The quantitative estimate of drug-likeness (QED) is 0.371. The predicted molar refractivity (Wildman–Crippen MR) is 99.4 cm³/mol. The van der Waals surface area contributed by atoms with Gasteiger partial charge in [-0.2, -0.15) is 0 Å². The normalized spacial score (nSPS) is 10.7. The monoisotopic (exact) mass is 319 g/mol. The summed E-state index contributed by atoms with van der Waals surface area (Å²) in [7, 11) is 0. The summed E-state index contributed by atoms with van der Waals surface area (Å²) in [5.41, 5.74) is 1.34. The number of aryl methyl sites for hydroxylation is 1. The van der Waals surface area contributed by atoms with E-state index in [-0.39, 0.29) is 0 Å². The number of rotatable bonds is 14. The van der Waals surface area contributed by atoms with Gasteiger partial charge in [-0.05, 0) is 43.4 Å². The Morgan fingerprint density at radius 3 is 2.04 bits per heavy atom. The van der Waals surface area contributed by atoms with Crippen LogP contribution in [0.25, 0.3) is 0 Å². The van der Waals surface area contributed by atoms with Gasteiger partial charge in [-0.15, -0.1) is 0 Å². The second-order valence-electron chi connectivity index (χ2n) is 6.20. The molecule has 0 aliphatic carbocycles. The number of unbranched alkanes of at least 4 members (excludes halogenated alkanes) is 6. The molecule has 0 bridgehead atoms. The Kier molecular flexibility index (Phi) is 11.5. The van der Waals surface area contributed by atoms with Crippen molar-refractivity contribution in [1.29, 1.82) is 0 Å². The van der Waals surface area contributed by atoms with E-state index in [1.807, 2.05) is 0 Å². The second-order valence-corrected chi connectivity index (χ2v) is 6.20. The zero-order valence-electron chi connectivity index (χ0n) is 15.2. The minimum atomic E-state index is 0.778. The highest BCUT2D eigenvalue weighted by atomic mass is 16.5. The highest BCUT2D eigenvalue weighted by Crippen LogP contribution is 2.29. The molecule has 0 saturated heterocycles. The van der Waals surface area contributed by atoms with Gasteiger partial charge in [0.2, 0.25) is 0 Å². The van der Waals surface area contributed by atoms with Crippen molar-refractivity contribution in [2.24, 2.45) is 0 Å². The largest absolute Gasteiger partial charge is 0.490 e. The fraction of sp³-hybridized carbons (Fsp3) is 0.667. The maximum Gasteiger partial charge on any atom is 0.161 e. The molecule has 0 saturated carbocycles. The van der Waals surface area contributed by atoms with E-state index in [0.717, 1.165) is 50.4 Å². The smallest absolute Gasteiger partial charge is 0.161 e. The molecule has 2 heteroatoms. The van der Waals surface area contributed by atoms with Gasteiger partial charge in [0, 0.05) is 0 Å². The molecule has 0 spiro atoms. The lowest BCUT2D eigenvalue weighted by molar-refractivity contribution is 0.259. The summed E-state index contributed by atoms with van der Waals surface area (Å²) in [6.45, 7) is 9.89. The van der Waals surface area contributed by atoms with Crippen LogP contribution in [0.2, 0.25) is 0 Å². The minimum Gasteiger partial charge on any atom is -0.490 e. The van der Waals surface area contributed by atoms with Crippen LogP contribution in [-0.4, -0.2) is 13.2 Å². The molecule has 0 atom stereocenters. The van der Waals surface area contributed by atoms with E-state index in [2.05, 4.69) is 39.0 Å². The predicted octanol–water partition coefficient (Wildman–Crippen LogP) is 6.37. The minimum absolute atomic E-state index is 0.778. The van der Waals surface area contributed by atoms with Crippen LogP contribution >= 0.6 is 0 Å². The Morgan fingerprint density at radius 2 is 1.43 bits per heavy atom. The second kappa shape index (κ2) is 13.3. The van der Waals surface area contributed by atoms with Crippen LogP contribution in [0.3, 0.4) is 0 Å². The van der Waals surface area contributed by atoms with Gasteiger partial charge in [0.05, 0.1) is 13.2 Å². The van der Waals surface area contributed by atoms with Crippen molar-refractivity contribution < 1.29 is 9.47 Å². The van der Waals surface area contributed by atoms with E-state index in [4.69, 9.17) is 9.47 Å². The van der Waals surface area contributed by atoms with Gasteiger partial charge in [0.1, 0.15) is 0 Å². The van der Waals surface area contributed by atoms with Crippen LogP contribution in [-0.2, 0) is 6.42 Å². The summed E-state index contributed by atoms with van der Waals surface area (Å²) in [5.74, 6) is 1.82. The SMILES string of the molecule is [CH2]CCCCc1ccc(OCCCCC)c(OCCCCC)c1. The number of hydrogen-bond donors (Lipinski definition) is 0. The van der Waals surface area contributed by atoms with E-state index >= 15 is 0 Å². The first-order chi connectivity index (χ1) is 11.3. The van der Waals surface area contributed by atoms with E-state index < -0.39 is 0 Å². The molecule has 0 aliphatic heterocycles. The lowest BCUT2D eigenvalue weighted by Gasteiger charge is -2.14. The van der Waals surface area contributed by atoms with Gasteiger partial charge in [0.25, 0.3) is 0 Å². The van der Waals surface area contributed by atoms with Gasteiger partial charge in [-0.3, -0.25) is 0 Å². The van der Waals surface area contributed by atoms with Gasteiger partial charge >= 0.3 is 0 Å². The molecule has 0 unspecified atom stereocenters. The summed E-state index contributed by atoms with van der Waals surface area (Å²) >= 11 is 0. The Morgan fingerprint density at radius 1 is 0.783 bits per heavy atom. The van der Waals surface area contributed by atoms with Crippen LogP contribution in [0, 0.1) is 6.92 Å². The van der Waals surface area contributed by atoms with Gasteiger partial charge < -0.3 is 9.47 Å². The first-order valence-electron chi connectivity index (χ1n) is 9.49. The van der Waals surface area contributed by atoms with Crippen molar-refractivity contribution in [3.8, 4) is 11.5 Å². The molecule has 0 aromatic heterocycles. The van der Waals surface area contributed by atoms with E-state index in [9.17, 15) is 0 Å². The average Bonchev–Trinajstić information content (AvgIpc) is 2.57. The van der Waals surface area contributed by atoms with Crippen LogP contribution in [0.15, 0.2) is 18.2 Å². The molecule has 0 fully saturated rings. The molecule has 131 valence electrons. The molecule has 0 amide bonds. The Bertz CT molecular complexity index is 401. The van der Waals surface area contributed by atoms with Gasteiger partial charge in [-0.1, -0.05) is 65.4 Å². The standard InChI is InChI=1S/C21H35O2/c1-4-7-10-13-19-14-15-20(22-16-11-8-5-2)21(18-19)23-17-12-9-6-3/h14-15,18H,1,4-13,16-17H2,2-3H3. The van der Waals surface area contributed by atoms with Crippen molar-refractivity contribution in [2.75, 3.05) is 13.2 Å². The van der Waals surface area contributed by atoms with E-state index in [1.54, 1.807) is 0 Å². The van der Waals surface area contributed by atoms with Crippen molar-refractivity contribution in [3.05, 3.63) is 30.7 Å². The summed E-state index contributed by atoms with van der Waals surface area (Å²) in [5, 5.41) is 0. The number of ether oxygens (including phenoxy) is 2. The van der Waals surface area contributed by atoms with Crippen molar-refractivity contribution >= 4 is 0 Å². The third kappa shape index (κ3) is 8.88. The van der Waals surface area contributed by atoms with Crippen molar-refractivity contribution in [1.82, 2.24) is 0 Å². The maximum atomic E-state index is 6.01. The Labute approximate surface area is 143 Å². The molecule has 2 nitrogen and oxygen atoms in total. The van der Waals surface area contributed by atoms with E-state index in [1.165, 1.54) is 44.1 Å². The van der Waals surface area contributed by atoms with Gasteiger partial charge in [-0.25, -0.2) is 0 Å². The first-order valence-corrected chi connectivity index (χ1v) is 9.49. The molecule has 0 aliphatic rings. The zero-order valence-corrected chi connectivity index (χ0v) is 15.2. The fourth-order valence-corrected chi connectivity index (χ4v) is 2.51. The first kappa shape index (κ1) is 19.9. The number of hydrogen-bond acceptors (Lipinski definition) is 2. The Balaban J connectivity index is 2.60. The lowest BCUT2D eigenvalue weighted by atomic mass is 10.1. The highest BCUT2D eigenvalue weighted by Gasteiger charge is 2.07. The molecule has 1 rings (SSSR count). The zero-order chi connectivity index (χ0) is 16.8. The molecule has 1 radical (unpaired) electrons. The third-order valence-electron chi connectivity index (χ3n) is 3.98. The molecular formula is C21H35O2. The highest BCUT2D eigenvalue weighted by molar-refractivity contribution is 5.43. The topological polar surface area (TPSA) is 18.5 Å². The fourth-order valence-electron chi connectivity index (χ4n) is 2.51. The molecule has 23 heavy (non-hydrogen) atoms. The van der Waals surface area contributed by atoms with Crippen LogP contribution in [0.1, 0.15) is 77.2 Å². The average molecular weight is 320 g/mol. The molecule has 1 aromatic rings. The number of benzene rings is 1. The summed E-state index contributed by atoms with van der Waals surface area (Å²) in [4.78, 5) is 0. The van der Waals surface area contributed by atoms with Crippen LogP contribution in [0.5, 0.6) is 11.5 Å². The van der Waals surface area contributed by atoms with Crippen LogP contribution < -0.4 is 9.47 Å².